The Balaban J connectivity index is 1.20. The molecule has 6 rings (SSSR count). The van der Waals surface area contributed by atoms with Gasteiger partial charge in [0.15, 0.2) is 12.4 Å². The summed E-state index contributed by atoms with van der Waals surface area (Å²) in [5, 5.41) is 5.33. The molecular formula is C33H42FN4O5PSi. The van der Waals surface area contributed by atoms with Crippen LogP contribution in [0.5, 0.6) is 0 Å². The number of carbonyl (C=O) groups excluding carboxylic acids is 1. The first-order valence-corrected chi connectivity index (χ1v) is 19.7. The minimum absolute atomic E-state index is 0.0349. The molecular weight excluding hydrogens is 610 g/mol. The van der Waals surface area contributed by atoms with Crippen LogP contribution in [0.15, 0.2) is 77.7 Å². The number of nitrogens with zero attached hydrogens (tertiary/aromatic N) is 3. The molecule has 0 spiro atoms. The fourth-order valence-corrected chi connectivity index (χ4v) is 12.7. The van der Waals surface area contributed by atoms with Crippen molar-refractivity contribution in [2.75, 3.05) is 11.9 Å². The number of aromatic nitrogens is 2. The van der Waals surface area contributed by atoms with Gasteiger partial charge in [0.2, 0.25) is 5.91 Å². The lowest BCUT2D eigenvalue weighted by Gasteiger charge is -2.32. The fraction of sp³-hybridized carbons (Fsp3) is 0.485. The minimum atomic E-state index is -2.18. The van der Waals surface area contributed by atoms with Crippen LogP contribution in [0, 0.1) is 5.92 Å². The molecule has 3 aliphatic rings. The summed E-state index contributed by atoms with van der Waals surface area (Å²) < 4.78 is 39.1. The van der Waals surface area contributed by atoms with E-state index in [0.717, 1.165) is 30.0 Å². The number of ether oxygens (including phenoxy) is 1. The van der Waals surface area contributed by atoms with Crippen LogP contribution in [0.4, 0.5) is 10.2 Å². The van der Waals surface area contributed by atoms with Gasteiger partial charge < -0.3 is 19.1 Å². The van der Waals surface area contributed by atoms with Crippen molar-refractivity contribution in [1.29, 1.82) is 0 Å². The zero-order chi connectivity index (χ0) is 31.7. The van der Waals surface area contributed by atoms with Crippen molar-refractivity contribution in [3.63, 3.8) is 0 Å². The van der Waals surface area contributed by atoms with Crippen LogP contribution in [-0.4, -0.2) is 65.3 Å². The summed E-state index contributed by atoms with van der Waals surface area (Å²) in [5.74, 6) is -0.403. The maximum Gasteiger partial charge on any atom is 0.351 e. The summed E-state index contributed by atoms with van der Waals surface area (Å²) >= 11 is 0. The normalized spacial score (nSPS) is 28.4. The predicted molar refractivity (Wildman–Crippen MR) is 176 cm³/mol. The van der Waals surface area contributed by atoms with Gasteiger partial charge in [0.25, 0.3) is 8.53 Å². The van der Waals surface area contributed by atoms with E-state index < -0.39 is 46.9 Å². The molecule has 3 saturated heterocycles. The van der Waals surface area contributed by atoms with E-state index in [0.29, 0.717) is 6.42 Å². The second-order valence-electron chi connectivity index (χ2n) is 12.7. The number of alkyl halides is 1. The molecule has 3 aromatic rings. The molecule has 0 radical (unpaired) electrons. The highest BCUT2D eigenvalue weighted by atomic mass is 31.2. The zero-order valence-corrected chi connectivity index (χ0v) is 28.1. The Labute approximate surface area is 266 Å². The molecule has 1 aromatic heterocycles. The zero-order valence-electron chi connectivity index (χ0n) is 26.2. The molecule has 3 fully saturated rings. The van der Waals surface area contributed by atoms with Gasteiger partial charge in [-0.2, -0.15) is 4.98 Å². The molecule has 4 heterocycles. The van der Waals surface area contributed by atoms with Gasteiger partial charge in [0.05, 0.1) is 12.2 Å². The minimum Gasteiger partial charge on any atom is -0.349 e. The molecule has 0 bridgehead atoms. The topological polar surface area (TPSA) is 94.9 Å². The number of rotatable bonds is 10. The highest BCUT2D eigenvalue weighted by Crippen LogP contribution is 2.59. The standard InChI is InChI=1S/C33H42FN4O5PSi/c1-5-26-30(29(34)32(41-26)37-20-18-28(36-33(37)40)35-31(39)22(2)3)43-44-38-19-12-17-25(38)27(42-44)21-45(4,23-13-8-6-9-14-23)24-15-10-7-11-16-24/h6-11,13-16,18,20,22,25-27,29-30,32H,5,12,17,19,21H2,1-4H3,(H,35,36,39,40)/t25-,26+,27+,29-,30?,32+,44-/m0/s1. The van der Waals surface area contributed by atoms with Crippen molar-refractivity contribution in [1.82, 2.24) is 14.2 Å². The molecule has 9 nitrogen and oxygen atoms in total. The molecule has 12 heteroatoms. The van der Waals surface area contributed by atoms with Gasteiger partial charge in [-0.05, 0) is 31.4 Å². The van der Waals surface area contributed by atoms with E-state index in [4.69, 9.17) is 13.8 Å². The molecule has 240 valence electrons. The number of hydrogen-bond donors (Lipinski definition) is 1. The van der Waals surface area contributed by atoms with E-state index in [1.54, 1.807) is 13.8 Å². The Bertz CT molecular complexity index is 1490. The van der Waals surface area contributed by atoms with E-state index in [9.17, 15) is 9.59 Å². The summed E-state index contributed by atoms with van der Waals surface area (Å²) in [5.41, 5.74) is -0.701. The molecule has 1 N–H and O–H groups in total. The largest absolute Gasteiger partial charge is 0.351 e. The summed E-state index contributed by atoms with van der Waals surface area (Å²) in [6, 6.07) is 24.1. The van der Waals surface area contributed by atoms with Crippen molar-refractivity contribution in [3.05, 3.63) is 83.4 Å². The molecule has 45 heavy (non-hydrogen) atoms. The number of anilines is 1. The van der Waals surface area contributed by atoms with Crippen LogP contribution in [0.2, 0.25) is 12.6 Å². The van der Waals surface area contributed by atoms with Gasteiger partial charge in [0, 0.05) is 24.7 Å². The Hall–Kier alpha value is -2.79. The number of halogens is 1. The molecule has 1 unspecified atom stereocenters. The first kappa shape index (κ1) is 32.2. The first-order chi connectivity index (χ1) is 21.7. The molecule has 0 saturated carbocycles. The Kier molecular flexibility index (Phi) is 9.66. The second-order valence-corrected chi connectivity index (χ2v) is 18.3. The van der Waals surface area contributed by atoms with E-state index in [-0.39, 0.29) is 29.8 Å². The lowest BCUT2D eigenvalue weighted by molar-refractivity contribution is -0.118. The third-order valence-electron chi connectivity index (χ3n) is 9.33. The number of hydrogen-bond acceptors (Lipinski definition) is 7. The summed E-state index contributed by atoms with van der Waals surface area (Å²) in [4.78, 5) is 28.9. The van der Waals surface area contributed by atoms with Gasteiger partial charge in [-0.1, -0.05) is 98.4 Å². The lowest BCUT2D eigenvalue weighted by Crippen LogP contribution is -2.58. The van der Waals surface area contributed by atoms with Crippen molar-refractivity contribution < 1.29 is 23.0 Å². The average Bonchev–Trinajstić information content (AvgIpc) is 3.74. The summed E-state index contributed by atoms with van der Waals surface area (Å²) in [6.07, 6.45) is -0.302. The van der Waals surface area contributed by atoms with Crippen LogP contribution in [0.3, 0.4) is 0 Å². The van der Waals surface area contributed by atoms with Gasteiger partial charge in [-0.15, -0.1) is 0 Å². The van der Waals surface area contributed by atoms with Gasteiger partial charge >= 0.3 is 5.69 Å². The van der Waals surface area contributed by atoms with E-state index in [1.165, 1.54) is 22.6 Å². The third-order valence-corrected chi connectivity index (χ3v) is 15.6. The maximum absolute atomic E-state index is 16.2. The maximum atomic E-state index is 16.2. The van der Waals surface area contributed by atoms with Crippen LogP contribution < -0.4 is 21.4 Å². The number of carbonyl (C=O) groups is 1. The molecule has 0 aliphatic carbocycles. The predicted octanol–water partition coefficient (Wildman–Crippen LogP) is 4.85. The van der Waals surface area contributed by atoms with Crippen molar-refractivity contribution in [3.8, 4) is 0 Å². The first-order valence-electron chi connectivity index (χ1n) is 15.9. The van der Waals surface area contributed by atoms with Crippen LogP contribution in [-0.2, 0) is 18.6 Å². The Morgan fingerprint density at radius 2 is 1.78 bits per heavy atom. The summed E-state index contributed by atoms with van der Waals surface area (Å²) in [6.45, 7) is 8.67. The number of benzene rings is 2. The van der Waals surface area contributed by atoms with Crippen molar-refractivity contribution in [2.45, 2.75) is 89.4 Å². The van der Waals surface area contributed by atoms with E-state index >= 15 is 4.39 Å². The quantitative estimate of drug-likeness (QED) is 0.247. The fourth-order valence-electron chi connectivity index (χ4n) is 6.70. The molecule has 2 aromatic carbocycles. The van der Waals surface area contributed by atoms with E-state index in [2.05, 4.69) is 82.2 Å². The van der Waals surface area contributed by atoms with Crippen LogP contribution >= 0.6 is 8.53 Å². The van der Waals surface area contributed by atoms with Crippen LogP contribution in [0.25, 0.3) is 0 Å². The molecule has 7 atom stereocenters. The second kappa shape index (κ2) is 13.5. The number of amides is 1. The SMILES string of the molecule is CC[C@H]1O[C@@H](n2ccc(NC(=O)C(C)C)nc2=O)[C@@H](F)C1O[P@]1O[C@H](C[Si](C)(c2ccccc2)c2ccccc2)[C@@H]2CCCN21. The van der Waals surface area contributed by atoms with Crippen LogP contribution in [0.1, 0.15) is 46.3 Å². The third kappa shape index (κ3) is 6.44. The van der Waals surface area contributed by atoms with E-state index in [1.807, 2.05) is 6.92 Å². The lowest BCUT2D eigenvalue weighted by atomic mass is 10.1. The summed E-state index contributed by atoms with van der Waals surface area (Å²) in [7, 11) is -3.70. The monoisotopic (exact) mass is 652 g/mol. The van der Waals surface area contributed by atoms with Crippen molar-refractivity contribution in [2.24, 2.45) is 5.92 Å². The smallest absolute Gasteiger partial charge is 0.349 e. The number of nitrogens with one attached hydrogen (secondary N) is 1. The highest BCUT2D eigenvalue weighted by molar-refractivity contribution is 7.45. The van der Waals surface area contributed by atoms with Gasteiger partial charge in [-0.3, -0.25) is 9.36 Å². The number of fused-ring (bicyclic) bond motifs is 1. The van der Waals surface area contributed by atoms with Gasteiger partial charge in [0.1, 0.15) is 20.0 Å². The highest BCUT2D eigenvalue weighted by Gasteiger charge is 2.54. The van der Waals surface area contributed by atoms with Crippen molar-refractivity contribution >= 4 is 38.7 Å². The molecule has 1 amide bonds. The molecule has 3 aliphatic heterocycles. The Morgan fingerprint density at radius 3 is 2.38 bits per heavy atom. The average molecular weight is 653 g/mol. The Morgan fingerprint density at radius 1 is 1.11 bits per heavy atom. The van der Waals surface area contributed by atoms with Gasteiger partial charge in [-0.25, -0.2) is 13.9 Å².